The van der Waals surface area contributed by atoms with Crippen LogP contribution in [0.3, 0.4) is 0 Å². The number of hydrogen-bond acceptors (Lipinski definition) is 6. The van der Waals surface area contributed by atoms with Crippen molar-refractivity contribution in [3.8, 4) is 34.2 Å². The van der Waals surface area contributed by atoms with Crippen molar-refractivity contribution in [3.63, 3.8) is 0 Å². The predicted octanol–water partition coefficient (Wildman–Crippen LogP) is 16.4. The molecule has 0 atom stereocenters. The normalized spacial score (nSPS) is 12.7. The predicted molar refractivity (Wildman–Crippen MR) is 271 cm³/mol. The molecule has 1 aliphatic heterocycles. The van der Waals surface area contributed by atoms with E-state index in [2.05, 4.69) is 179 Å². The van der Waals surface area contributed by atoms with Gasteiger partial charge in [0.15, 0.2) is 0 Å². The second kappa shape index (κ2) is 13.7. The van der Waals surface area contributed by atoms with Crippen molar-refractivity contribution in [2.45, 2.75) is 19.6 Å². The summed E-state index contributed by atoms with van der Waals surface area (Å²) in [7, 11) is 0. The summed E-state index contributed by atoms with van der Waals surface area (Å²) in [5.74, 6) is 0.593. The number of benzene rings is 9. The third-order valence-electron chi connectivity index (χ3n) is 13.2. The maximum Gasteiger partial charge on any atom is 0.235 e. The lowest BCUT2D eigenvalue weighted by Crippen LogP contribution is -2.04. The molecule has 0 aliphatic carbocycles. The topological polar surface area (TPSA) is 61.9 Å². The second-order valence-electron chi connectivity index (χ2n) is 16.9. The quantitative estimate of drug-likeness (QED) is 0.175. The highest BCUT2D eigenvalue weighted by Crippen LogP contribution is 2.50. The highest BCUT2D eigenvalue weighted by atomic mass is 32.2. The minimum atomic E-state index is 0.593. The SMILES string of the molecule is c1ccc2c(c1)Sc1ccc(-n3c4ccccc4c4c5c6ccccc6n(-c6nc(-c7ccc8oc9ccccc9c8c7)cc(-c7ccc8oc9ccccc9c8c7)n6)c5ccc43)cc1S2. The van der Waals surface area contributed by atoms with Gasteiger partial charge in [0.25, 0.3) is 0 Å². The summed E-state index contributed by atoms with van der Waals surface area (Å²) in [5, 5.41) is 8.96. The second-order valence-corrected chi connectivity index (χ2v) is 19.1. The first-order valence-electron chi connectivity index (χ1n) is 22.0. The monoisotopic (exact) mass is 880 g/mol. The Bertz CT molecular complexity index is 4250. The van der Waals surface area contributed by atoms with Crippen LogP contribution in [0.4, 0.5) is 0 Å². The van der Waals surface area contributed by atoms with E-state index in [1.54, 1.807) is 0 Å². The van der Waals surface area contributed by atoms with Crippen LogP contribution in [-0.4, -0.2) is 19.1 Å². The van der Waals surface area contributed by atoms with Crippen LogP contribution >= 0.6 is 23.5 Å². The number of furan rings is 2. The molecule has 8 heteroatoms. The Labute approximate surface area is 384 Å². The van der Waals surface area contributed by atoms with Crippen molar-refractivity contribution in [3.05, 3.63) is 194 Å². The smallest absolute Gasteiger partial charge is 0.235 e. The number of para-hydroxylation sites is 4. The van der Waals surface area contributed by atoms with Gasteiger partial charge < -0.3 is 13.4 Å². The van der Waals surface area contributed by atoms with Crippen LogP contribution in [0, 0.1) is 0 Å². The zero-order chi connectivity index (χ0) is 43.0. The van der Waals surface area contributed by atoms with E-state index in [1.165, 1.54) is 35.7 Å². The third-order valence-corrected chi connectivity index (χ3v) is 15.7. The first kappa shape index (κ1) is 36.3. The summed E-state index contributed by atoms with van der Waals surface area (Å²) in [6.45, 7) is 0. The Morgan fingerprint density at radius 3 is 1.41 bits per heavy atom. The van der Waals surface area contributed by atoms with Gasteiger partial charge in [-0.25, -0.2) is 9.97 Å². The molecule has 15 rings (SSSR count). The summed E-state index contributed by atoms with van der Waals surface area (Å²) in [5.41, 5.74) is 12.5. The summed E-state index contributed by atoms with van der Waals surface area (Å²) in [6.07, 6.45) is 0. The van der Waals surface area contributed by atoms with Gasteiger partial charge in [0, 0.05) is 79.5 Å². The Morgan fingerprint density at radius 1 is 0.333 bits per heavy atom. The largest absolute Gasteiger partial charge is 0.456 e. The number of rotatable bonds is 4. The van der Waals surface area contributed by atoms with Gasteiger partial charge in [0.05, 0.1) is 33.5 Å². The minimum Gasteiger partial charge on any atom is -0.456 e. The Balaban J connectivity index is 0.981. The molecule has 6 heterocycles. The van der Waals surface area contributed by atoms with Crippen molar-refractivity contribution >= 4 is 111 Å². The maximum atomic E-state index is 6.27. The zero-order valence-corrected chi connectivity index (χ0v) is 36.5. The number of hydrogen-bond donors (Lipinski definition) is 0. The van der Waals surface area contributed by atoms with Crippen LogP contribution in [0.15, 0.2) is 223 Å². The van der Waals surface area contributed by atoms with Crippen LogP contribution in [-0.2, 0) is 0 Å². The molecule has 5 aromatic heterocycles. The van der Waals surface area contributed by atoms with Gasteiger partial charge in [0.2, 0.25) is 5.95 Å². The zero-order valence-electron chi connectivity index (χ0n) is 34.9. The van der Waals surface area contributed by atoms with E-state index in [0.29, 0.717) is 5.95 Å². The lowest BCUT2D eigenvalue weighted by atomic mass is 10.0. The van der Waals surface area contributed by atoms with Gasteiger partial charge in [-0.05, 0) is 109 Å². The number of fused-ring (bicyclic) bond motifs is 15. The molecule has 0 radical (unpaired) electrons. The summed E-state index contributed by atoms with van der Waals surface area (Å²) >= 11 is 3.70. The average molecular weight is 881 g/mol. The molecule has 0 saturated carbocycles. The van der Waals surface area contributed by atoms with E-state index >= 15 is 0 Å². The molecule has 1 aliphatic rings. The molecule has 0 saturated heterocycles. The first-order chi connectivity index (χ1) is 32.7. The molecule has 0 bridgehead atoms. The highest BCUT2D eigenvalue weighted by molar-refractivity contribution is 8.05. The Hall–Kier alpha value is -8.04. The molecule has 6 nitrogen and oxygen atoms in total. The highest BCUT2D eigenvalue weighted by Gasteiger charge is 2.24. The molecule has 0 spiro atoms. The van der Waals surface area contributed by atoms with Crippen LogP contribution in [0.1, 0.15) is 0 Å². The molecular weight excluding hydrogens is 849 g/mol. The van der Waals surface area contributed by atoms with E-state index in [4.69, 9.17) is 18.8 Å². The van der Waals surface area contributed by atoms with Crippen molar-refractivity contribution in [2.75, 3.05) is 0 Å². The van der Waals surface area contributed by atoms with Crippen molar-refractivity contribution in [1.82, 2.24) is 19.1 Å². The first-order valence-corrected chi connectivity index (χ1v) is 23.6. The van der Waals surface area contributed by atoms with Gasteiger partial charge in [-0.2, -0.15) is 0 Å². The number of aromatic nitrogens is 4. The molecule has 9 aromatic carbocycles. The summed E-state index contributed by atoms with van der Waals surface area (Å²) in [6, 6.07) is 68.9. The fraction of sp³-hybridized carbons (Fsp3) is 0. The van der Waals surface area contributed by atoms with E-state index in [1.807, 2.05) is 47.8 Å². The van der Waals surface area contributed by atoms with Gasteiger partial charge >= 0.3 is 0 Å². The summed E-state index contributed by atoms with van der Waals surface area (Å²) < 4.78 is 17.2. The van der Waals surface area contributed by atoms with E-state index in [0.717, 1.165) is 99.5 Å². The van der Waals surface area contributed by atoms with Crippen LogP contribution in [0.2, 0.25) is 0 Å². The van der Waals surface area contributed by atoms with E-state index < -0.39 is 0 Å². The third kappa shape index (κ3) is 5.28. The van der Waals surface area contributed by atoms with Gasteiger partial charge in [-0.1, -0.05) is 108 Å². The average Bonchev–Trinajstić information content (AvgIpc) is 4.12. The standard InChI is InChI=1S/C58H32N4O2S2/c1-5-15-44-38(13-1)56-46(61(44)35-23-28-54-55(31-35)66-53-20-10-9-19-52(53)65-54)24-25-47-57(56)39-14-2-6-16-45(39)62(47)58-59-42(33-21-26-50-40(29-33)36-11-3-7-17-48(36)63-50)32-43(60-58)34-22-27-51-41(30-34)37-12-4-8-18-49(37)64-51/h1-32H. The molecule has 0 N–H and O–H groups in total. The fourth-order valence-electron chi connectivity index (χ4n) is 10.3. The van der Waals surface area contributed by atoms with Crippen LogP contribution in [0.5, 0.6) is 0 Å². The van der Waals surface area contributed by atoms with Crippen molar-refractivity contribution in [1.29, 1.82) is 0 Å². The van der Waals surface area contributed by atoms with E-state index in [9.17, 15) is 0 Å². The van der Waals surface area contributed by atoms with Gasteiger partial charge in [-0.3, -0.25) is 4.57 Å². The molecule has 308 valence electrons. The maximum absolute atomic E-state index is 6.27. The molecular formula is C58H32N4O2S2. The van der Waals surface area contributed by atoms with Crippen molar-refractivity contribution < 1.29 is 8.83 Å². The molecule has 0 unspecified atom stereocenters. The lowest BCUT2D eigenvalue weighted by molar-refractivity contribution is 0.668. The Morgan fingerprint density at radius 2 is 0.803 bits per heavy atom. The van der Waals surface area contributed by atoms with E-state index in [-0.39, 0.29) is 0 Å². The van der Waals surface area contributed by atoms with Gasteiger partial charge in [-0.15, -0.1) is 0 Å². The van der Waals surface area contributed by atoms with Crippen molar-refractivity contribution in [2.24, 2.45) is 0 Å². The number of nitrogens with zero attached hydrogens (tertiary/aromatic N) is 4. The van der Waals surface area contributed by atoms with Gasteiger partial charge in [0.1, 0.15) is 22.3 Å². The van der Waals surface area contributed by atoms with Crippen LogP contribution in [0.25, 0.3) is 122 Å². The Kier molecular flexibility index (Phi) is 7.56. The molecule has 14 aromatic rings. The molecule has 0 amide bonds. The lowest BCUT2D eigenvalue weighted by Gasteiger charge is -2.19. The molecule has 0 fully saturated rings. The van der Waals surface area contributed by atoms with Crippen LogP contribution < -0.4 is 0 Å². The fourth-order valence-corrected chi connectivity index (χ4v) is 12.5. The minimum absolute atomic E-state index is 0.593. The molecule has 66 heavy (non-hydrogen) atoms. The summed E-state index contributed by atoms with van der Waals surface area (Å²) in [4.78, 5) is 16.1.